The topological polar surface area (TPSA) is 51.7 Å². The summed E-state index contributed by atoms with van der Waals surface area (Å²) in [5, 5.41) is 0.516. The Kier molecular flexibility index (Phi) is 6.85. The number of fused-ring (bicyclic) bond motifs is 1. The molecule has 36 heavy (non-hydrogen) atoms. The van der Waals surface area contributed by atoms with Gasteiger partial charge in [0.2, 0.25) is 0 Å². The van der Waals surface area contributed by atoms with E-state index in [1.165, 1.54) is 17.7 Å². The summed E-state index contributed by atoms with van der Waals surface area (Å²) >= 11 is 0. The number of aromatic nitrogens is 1. The molecule has 2 heterocycles. The van der Waals surface area contributed by atoms with E-state index in [9.17, 15) is 9.18 Å². The van der Waals surface area contributed by atoms with Crippen molar-refractivity contribution in [3.63, 3.8) is 0 Å². The number of likely N-dealkylation sites (tertiary alicyclic amines) is 1. The number of halogens is 1. The van der Waals surface area contributed by atoms with Crippen LogP contribution in [-0.2, 0) is 6.42 Å². The fraction of sp³-hybridized carbons (Fsp3) is 0.267. The predicted octanol–water partition coefficient (Wildman–Crippen LogP) is 6.15. The molecule has 4 aromatic rings. The van der Waals surface area contributed by atoms with E-state index >= 15 is 0 Å². The van der Waals surface area contributed by atoms with Crippen molar-refractivity contribution in [3.8, 4) is 22.8 Å². The van der Waals surface area contributed by atoms with Crippen molar-refractivity contribution < 1.29 is 18.7 Å². The highest BCUT2D eigenvalue weighted by Crippen LogP contribution is 2.35. The number of methoxy groups -OCH3 is 2. The standard InChI is InChI=1S/C30H29FN2O3/c1-35-23-9-10-24(29(18-23)36-2)28-19-26(25-17-22(31)8-11-27(25)32-28)30(34)33-14-12-21(13-15-33)16-20-6-4-3-5-7-20/h3-11,17-19,21H,12-16H2,1-2H3. The van der Waals surface area contributed by atoms with Gasteiger partial charge in [-0.05, 0) is 67.1 Å². The van der Waals surface area contributed by atoms with E-state index in [1.807, 2.05) is 23.1 Å². The lowest BCUT2D eigenvalue weighted by molar-refractivity contribution is 0.0692. The molecule has 6 heteroatoms. The number of carbonyl (C=O) groups is 1. The van der Waals surface area contributed by atoms with Crippen LogP contribution in [0.3, 0.4) is 0 Å². The third-order valence-corrected chi connectivity index (χ3v) is 6.95. The molecular formula is C30H29FN2O3. The molecule has 0 unspecified atom stereocenters. The van der Waals surface area contributed by atoms with Crippen LogP contribution in [-0.4, -0.2) is 43.1 Å². The van der Waals surface area contributed by atoms with Gasteiger partial charge in [-0.15, -0.1) is 0 Å². The molecule has 1 aromatic heterocycles. The summed E-state index contributed by atoms with van der Waals surface area (Å²) < 4.78 is 25.1. The molecule has 0 N–H and O–H groups in total. The minimum absolute atomic E-state index is 0.0973. The summed E-state index contributed by atoms with van der Waals surface area (Å²) in [6.07, 6.45) is 2.90. The number of benzene rings is 3. The first-order chi connectivity index (χ1) is 17.6. The molecule has 0 saturated carbocycles. The normalized spacial score (nSPS) is 14.1. The number of carbonyl (C=O) groups excluding carboxylic acids is 1. The zero-order chi connectivity index (χ0) is 25.1. The molecule has 0 bridgehead atoms. The summed E-state index contributed by atoms with van der Waals surface area (Å²) in [6.45, 7) is 1.35. The van der Waals surface area contributed by atoms with Gasteiger partial charge in [0.05, 0.1) is 31.0 Å². The van der Waals surface area contributed by atoms with E-state index in [0.717, 1.165) is 24.8 Å². The number of hydrogen-bond donors (Lipinski definition) is 0. The van der Waals surface area contributed by atoms with Crippen molar-refractivity contribution >= 4 is 16.8 Å². The van der Waals surface area contributed by atoms with Crippen LogP contribution >= 0.6 is 0 Å². The maximum absolute atomic E-state index is 14.2. The summed E-state index contributed by atoms with van der Waals surface area (Å²) in [5.74, 6) is 1.30. The fourth-order valence-electron chi connectivity index (χ4n) is 4.98. The number of pyridine rings is 1. The maximum Gasteiger partial charge on any atom is 0.254 e. The monoisotopic (exact) mass is 484 g/mol. The second kappa shape index (κ2) is 10.4. The van der Waals surface area contributed by atoms with Crippen LogP contribution in [0.2, 0.25) is 0 Å². The Labute approximate surface area is 210 Å². The Hall–Kier alpha value is -3.93. The summed E-state index contributed by atoms with van der Waals surface area (Å²) in [4.78, 5) is 20.4. The fourth-order valence-corrected chi connectivity index (χ4v) is 4.98. The Bertz CT molecular complexity index is 1380. The van der Waals surface area contributed by atoms with Crippen LogP contribution in [0.15, 0.2) is 72.8 Å². The van der Waals surface area contributed by atoms with Gasteiger partial charge in [0.1, 0.15) is 17.3 Å². The number of ether oxygens (including phenoxy) is 2. The average molecular weight is 485 g/mol. The molecular weight excluding hydrogens is 455 g/mol. The zero-order valence-electron chi connectivity index (χ0n) is 20.5. The number of nitrogens with zero attached hydrogens (tertiary/aromatic N) is 2. The second-order valence-corrected chi connectivity index (χ2v) is 9.21. The molecule has 1 fully saturated rings. The summed E-state index contributed by atoms with van der Waals surface area (Å²) in [6, 6.07) is 22.1. The molecule has 1 amide bonds. The quantitative estimate of drug-likeness (QED) is 0.329. The number of piperidine rings is 1. The molecule has 3 aromatic carbocycles. The van der Waals surface area contributed by atoms with Crippen molar-refractivity contribution in [3.05, 3.63) is 89.7 Å². The minimum Gasteiger partial charge on any atom is -0.497 e. The summed E-state index contributed by atoms with van der Waals surface area (Å²) in [5.41, 5.74) is 3.68. The molecule has 5 rings (SSSR count). The average Bonchev–Trinajstić information content (AvgIpc) is 2.92. The van der Waals surface area contributed by atoms with Crippen molar-refractivity contribution in [1.29, 1.82) is 0 Å². The molecule has 0 spiro atoms. The van der Waals surface area contributed by atoms with Gasteiger partial charge in [0.15, 0.2) is 0 Å². The van der Waals surface area contributed by atoms with Crippen molar-refractivity contribution in [2.45, 2.75) is 19.3 Å². The highest BCUT2D eigenvalue weighted by Gasteiger charge is 2.26. The lowest BCUT2D eigenvalue weighted by Crippen LogP contribution is -2.39. The molecule has 1 aliphatic rings. The van der Waals surface area contributed by atoms with Crippen molar-refractivity contribution in [2.24, 2.45) is 5.92 Å². The molecule has 1 aliphatic heterocycles. The highest BCUT2D eigenvalue weighted by molar-refractivity contribution is 6.07. The van der Waals surface area contributed by atoms with Crippen molar-refractivity contribution in [2.75, 3.05) is 27.3 Å². The Morgan fingerprint density at radius 1 is 0.972 bits per heavy atom. The first kappa shape index (κ1) is 23.8. The van der Waals surface area contributed by atoms with E-state index in [2.05, 4.69) is 24.3 Å². The Morgan fingerprint density at radius 3 is 2.47 bits per heavy atom. The smallest absolute Gasteiger partial charge is 0.254 e. The van der Waals surface area contributed by atoms with Gasteiger partial charge in [-0.1, -0.05) is 30.3 Å². The van der Waals surface area contributed by atoms with Crippen molar-refractivity contribution in [1.82, 2.24) is 9.88 Å². The van der Waals surface area contributed by atoms with Gasteiger partial charge >= 0.3 is 0 Å². The van der Waals surface area contributed by atoms with Gasteiger partial charge in [0.25, 0.3) is 5.91 Å². The lowest BCUT2D eigenvalue weighted by atomic mass is 9.90. The van der Waals surface area contributed by atoms with E-state index in [0.29, 0.717) is 52.7 Å². The first-order valence-electron chi connectivity index (χ1n) is 12.2. The predicted molar refractivity (Wildman–Crippen MR) is 139 cm³/mol. The second-order valence-electron chi connectivity index (χ2n) is 9.21. The molecule has 0 aliphatic carbocycles. The van der Waals surface area contributed by atoms with E-state index in [-0.39, 0.29) is 5.91 Å². The molecule has 0 atom stereocenters. The Morgan fingerprint density at radius 2 is 1.75 bits per heavy atom. The van der Waals surface area contributed by atoms with Gasteiger partial charge in [-0.3, -0.25) is 4.79 Å². The van der Waals surface area contributed by atoms with Crippen LogP contribution in [0.25, 0.3) is 22.2 Å². The van der Waals surface area contributed by atoms with Crippen LogP contribution in [0, 0.1) is 11.7 Å². The van der Waals surface area contributed by atoms with Crippen LogP contribution in [0.1, 0.15) is 28.8 Å². The van der Waals surface area contributed by atoms with Crippen LogP contribution in [0.5, 0.6) is 11.5 Å². The maximum atomic E-state index is 14.2. The first-order valence-corrected chi connectivity index (χ1v) is 12.2. The summed E-state index contributed by atoms with van der Waals surface area (Å²) in [7, 11) is 3.18. The lowest BCUT2D eigenvalue weighted by Gasteiger charge is -2.32. The third-order valence-electron chi connectivity index (χ3n) is 6.95. The molecule has 184 valence electrons. The Balaban J connectivity index is 1.45. The van der Waals surface area contributed by atoms with Gasteiger partial charge < -0.3 is 14.4 Å². The SMILES string of the molecule is COc1ccc(-c2cc(C(=O)N3CCC(Cc4ccccc4)CC3)c3cc(F)ccc3n2)c(OC)c1. The minimum atomic E-state index is -0.394. The van der Waals surface area contributed by atoms with E-state index in [4.69, 9.17) is 14.5 Å². The molecule has 1 saturated heterocycles. The molecule has 5 nitrogen and oxygen atoms in total. The largest absolute Gasteiger partial charge is 0.497 e. The number of hydrogen-bond acceptors (Lipinski definition) is 4. The highest BCUT2D eigenvalue weighted by atomic mass is 19.1. The molecule has 0 radical (unpaired) electrons. The van der Waals surface area contributed by atoms with Gasteiger partial charge in [-0.2, -0.15) is 0 Å². The van der Waals surface area contributed by atoms with Gasteiger partial charge in [0, 0.05) is 30.1 Å². The van der Waals surface area contributed by atoms with E-state index in [1.54, 1.807) is 32.4 Å². The number of amides is 1. The van der Waals surface area contributed by atoms with Gasteiger partial charge in [-0.25, -0.2) is 9.37 Å². The zero-order valence-corrected chi connectivity index (χ0v) is 20.5. The van der Waals surface area contributed by atoms with Crippen LogP contribution in [0.4, 0.5) is 4.39 Å². The number of rotatable bonds is 6. The van der Waals surface area contributed by atoms with Crippen LogP contribution < -0.4 is 9.47 Å². The van der Waals surface area contributed by atoms with E-state index < -0.39 is 5.82 Å². The third kappa shape index (κ3) is 4.89.